The van der Waals surface area contributed by atoms with Gasteiger partial charge in [-0.15, -0.1) is 0 Å². The number of piperidine rings is 1. The third kappa shape index (κ3) is 3.56. The van der Waals surface area contributed by atoms with Gasteiger partial charge < -0.3 is 4.90 Å². The summed E-state index contributed by atoms with van der Waals surface area (Å²) in [6, 6.07) is 1.89. The van der Waals surface area contributed by atoms with Crippen molar-refractivity contribution in [3.05, 3.63) is 11.8 Å². The monoisotopic (exact) mass is 347 g/mol. The van der Waals surface area contributed by atoms with Gasteiger partial charge in [-0.3, -0.25) is 24.1 Å². The van der Waals surface area contributed by atoms with Gasteiger partial charge in [0.2, 0.25) is 11.8 Å². The fourth-order valence-electron chi connectivity index (χ4n) is 3.89. The van der Waals surface area contributed by atoms with Crippen LogP contribution in [0.2, 0.25) is 0 Å². The van der Waals surface area contributed by atoms with Crippen LogP contribution in [-0.4, -0.2) is 70.2 Å². The van der Waals surface area contributed by atoms with Gasteiger partial charge >= 0.3 is 0 Å². The molecule has 2 amide bonds. The van der Waals surface area contributed by atoms with Gasteiger partial charge in [-0.05, 0) is 19.8 Å². The molecule has 138 valence electrons. The Labute approximate surface area is 149 Å². The number of piperazine rings is 1. The molecule has 2 aliphatic heterocycles. The lowest BCUT2D eigenvalue weighted by Gasteiger charge is -2.42. The van der Waals surface area contributed by atoms with Gasteiger partial charge in [0.25, 0.3) is 0 Å². The lowest BCUT2D eigenvalue weighted by Crippen LogP contribution is -2.59. The Morgan fingerprint density at radius 2 is 1.88 bits per heavy atom. The number of carbonyl (C=O) groups is 2. The lowest BCUT2D eigenvalue weighted by molar-refractivity contribution is -0.137. The summed E-state index contributed by atoms with van der Waals surface area (Å²) in [4.78, 5) is 31.3. The third-order valence-corrected chi connectivity index (χ3v) is 5.22. The second kappa shape index (κ2) is 7.15. The first-order chi connectivity index (χ1) is 11.9. The Balaban J connectivity index is 1.66. The standard InChI is InChI=1S/C18H29N5O2/c1-13(2)17(24)22-10-8-21(9-11-22)15-6-5-7-23(18(15)25)16-12-14(3)19-20(16)4/h12-13,15H,5-11H2,1-4H3/t15-/m1/s1. The van der Waals surface area contributed by atoms with E-state index in [9.17, 15) is 9.59 Å². The van der Waals surface area contributed by atoms with Gasteiger partial charge in [0.15, 0.2) is 0 Å². The number of aromatic nitrogens is 2. The topological polar surface area (TPSA) is 61.7 Å². The summed E-state index contributed by atoms with van der Waals surface area (Å²) in [7, 11) is 1.88. The zero-order valence-corrected chi connectivity index (χ0v) is 15.7. The maximum atomic E-state index is 13.1. The maximum absolute atomic E-state index is 13.1. The highest BCUT2D eigenvalue weighted by atomic mass is 16.2. The van der Waals surface area contributed by atoms with Crippen molar-refractivity contribution in [3.8, 4) is 0 Å². The quantitative estimate of drug-likeness (QED) is 0.819. The predicted octanol–water partition coefficient (Wildman–Crippen LogP) is 1.02. The molecule has 2 fully saturated rings. The molecule has 3 rings (SSSR count). The van der Waals surface area contributed by atoms with E-state index >= 15 is 0 Å². The van der Waals surface area contributed by atoms with Crippen molar-refractivity contribution in [2.45, 2.75) is 39.7 Å². The number of hydrogen-bond donors (Lipinski definition) is 0. The average molecular weight is 347 g/mol. The van der Waals surface area contributed by atoms with Gasteiger partial charge in [0, 0.05) is 51.8 Å². The van der Waals surface area contributed by atoms with Gasteiger partial charge in [-0.2, -0.15) is 5.10 Å². The van der Waals surface area contributed by atoms with Crippen LogP contribution in [0, 0.1) is 12.8 Å². The van der Waals surface area contributed by atoms with Gasteiger partial charge in [-0.25, -0.2) is 0 Å². The molecule has 25 heavy (non-hydrogen) atoms. The molecule has 0 N–H and O–H groups in total. The van der Waals surface area contributed by atoms with Crippen LogP contribution in [0.15, 0.2) is 6.07 Å². The molecule has 1 aromatic rings. The first-order valence-electron chi connectivity index (χ1n) is 9.23. The minimum Gasteiger partial charge on any atom is -0.340 e. The molecular weight excluding hydrogens is 318 g/mol. The second-order valence-electron chi connectivity index (χ2n) is 7.43. The number of carbonyl (C=O) groups excluding carboxylic acids is 2. The Hall–Kier alpha value is -1.89. The molecule has 0 aromatic carbocycles. The van der Waals surface area contributed by atoms with Crippen LogP contribution < -0.4 is 4.90 Å². The Morgan fingerprint density at radius 1 is 1.20 bits per heavy atom. The summed E-state index contributed by atoms with van der Waals surface area (Å²) >= 11 is 0. The zero-order chi connectivity index (χ0) is 18.1. The largest absolute Gasteiger partial charge is 0.340 e. The van der Waals surface area contributed by atoms with Crippen LogP contribution in [0.25, 0.3) is 0 Å². The van der Waals surface area contributed by atoms with Crippen molar-refractivity contribution < 1.29 is 9.59 Å². The molecule has 0 aliphatic carbocycles. The van der Waals surface area contributed by atoms with E-state index in [2.05, 4.69) is 10.00 Å². The van der Waals surface area contributed by atoms with E-state index in [1.165, 1.54) is 0 Å². The van der Waals surface area contributed by atoms with Crippen molar-refractivity contribution in [1.82, 2.24) is 19.6 Å². The van der Waals surface area contributed by atoms with Crippen LogP contribution in [0.4, 0.5) is 5.82 Å². The molecule has 0 spiro atoms. The number of anilines is 1. The first-order valence-corrected chi connectivity index (χ1v) is 9.23. The smallest absolute Gasteiger partial charge is 0.245 e. The van der Waals surface area contributed by atoms with Crippen molar-refractivity contribution >= 4 is 17.6 Å². The molecule has 0 radical (unpaired) electrons. The highest BCUT2D eigenvalue weighted by Gasteiger charge is 2.37. The predicted molar refractivity (Wildman–Crippen MR) is 96.3 cm³/mol. The summed E-state index contributed by atoms with van der Waals surface area (Å²) in [6.07, 6.45) is 1.88. The van der Waals surface area contributed by atoms with E-state index in [0.29, 0.717) is 13.1 Å². The van der Waals surface area contributed by atoms with Crippen molar-refractivity contribution in [1.29, 1.82) is 0 Å². The van der Waals surface area contributed by atoms with Crippen LogP contribution in [0.5, 0.6) is 0 Å². The van der Waals surface area contributed by atoms with E-state index in [4.69, 9.17) is 0 Å². The van der Waals surface area contributed by atoms with Crippen molar-refractivity contribution in [3.63, 3.8) is 0 Å². The summed E-state index contributed by atoms with van der Waals surface area (Å²) in [5.41, 5.74) is 0.924. The van der Waals surface area contributed by atoms with E-state index in [1.54, 1.807) is 4.68 Å². The fourth-order valence-corrected chi connectivity index (χ4v) is 3.89. The molecule has 3 heterocycles. The third-order valence-electron chi connectivity index (χ3n) is 5.22. The Morgan fingerprint density at radius 3 is 2.44 bits per heavy atom. The SMILES string of the molecule is Cc1cc(N2CCC[C@@H](N3CCN(C(=O)C(C)C)CC3)C2=O)n(C)n1. The lowest BCUT2D eigenvalue weighted by atomic mass is 10.0. The molecule has 7 heteroatoms. The minimum atomic E-state index is -0.0831. The molecular formula is C18H29N5O2. The van der Waals surface area contributed by atoms with E-state index < -0.39 is 0 Å². The molecule has 2 aliphatic rings. The normalized spacial score (nSPS) is 22.8. The first kappa shape index (κ1) is 17.9. The highest BCUT2D eigenvalue weighted by Crippen LogP contribution is 2.25. The molecule has 7 nitrogen and oxygen atoms in total. The second-order valence-corrected chi connectivity index (χ2v) is 7.43. The molecule has 1 atom stereocenters. The van der Waals surface area contributed by atoms with Crippen molar-refractivity contribution in [2.75, 3.05) is 37.6 Å². The molecule has 1 aromatic heterocycles. The Bertz CT molecular complexity index is 646. The number of hydrogen-bond acceptors (Lipinski definition) is 4. The number of aryl methyl sites for hydroxylation is 2. The highest BCUT2D eigenvalue weighted by molar-refractivity contribution is 5.97. The van der Waals surface area contributed by atoms with Crippen molar-refractivity contribution in [2.24, 2.45) is 13.0 Å². The summed E-state index contributed by atoms with van der Waals surface area (Å²) in [5, 5.41) is 4.37. The van der Waals surface area contributed by atoms with Crippen LogP contribution in [-0.2, 0) is 16.6 Å². The fraction of sp³-hybridized carbons (Fsp3) is 0.722. The van der Waals surface area contributed by atoms with Crippen LogP contribution in [0.1, 0.15) is 32.4 Å². The van der Waals surface area contributed by atoms with Gasteiger partial charge in [0.05, 0.1) is 11.7 Å². The van der Waals surface area contributed by atoms with Crippen LogP contribution in [0.3, 0.4) is 0 Å². The van der Waals surface area contributed by atoms with E-state index in [0.717, 1.165) is 44.0 Å². The summed E-state index contributed by atoms with van der Waals surface area (Å²) < 4.78 is 1.79. The van der Waals surface area contributed by atoms with Gasteiger partial charge in [-0.1, -0.05) is 13.8 Å². The number of rotatable bonds is 3. The molecule has 0 unspecified atom stereocenters. The van der Waals surface area contributed by atoms with Gasteiger partial charge in [0.1, 0.15) is 5.82 Å². The summed E-state index contributed by atoms with van der Waals surface area (Å²) in [5.74, 6) is 1.28. The zero-order valence-electron chi connectivity index (χ0n) is 15.7. The van der Waals surface area contributed by atoms with E-state index in [-0.39, 0.29) is 23.8 Å². The summed E-state index contributed by atoms with van der Waals surface area (Å²) in [6.45, 7) is 9.54. The molecule has 2 saturated heterocycles. The van der Waals surface area contributed by atoms with E-state index in [1.807, 2.05) is 43.7 Å². The van der Waals surface area contributed by atoms with Crippen LogP contribution >= 0.6 is 0 Å². The number of nitrogens with zero attached hydrogens (tertiary/aromatic N) is 5. The molecule has 0 saturated carbocycles. The average Bonchev–Trinajstić information content (AvgIpc) is 2.92. The minimum absolute atomic E-state index is 0.0337. The Kier molecular flexibility index (Phi) is 5.13. The molecule has 0 bridgehead atoms. The number of amides is 2. The maximum Gasteiger partial charge on any atom is 0.245 e.